The Balaban J connectivity index is 1.08. The number of nitrogens with one attached hydrogen (secondary N) is 8. The summed E-state index contributed by atoms with van der Waals surface area (Å²) in [5.74, 6) is -9.19. The lowest BCUT2D eigenvalue weighted by atomic mass is 9.92. The van der Waals surface area contributed by atoms with E-state index in [2.05, 4.69) is 46.9 Å². The second kappa shape index (κ2) is 35.1. The predicted octanol–water partition coefficient (Wildman–Crippen LogP) is -15.1. The summed E-state index contributed by atoms with van der Waals surface area (Å²) in [6.45, 7) is -1.40. The van der Waals surface area contributed by atoms with Gasteiger partial charge in [0.25, 0.3) is 0 Å². The minimum Gasteiger partial charge on any atom is -0.858 e. The topological polar surface area (TPSA) is 615 Å². The van der Waals surface area contributed by atoms with Gasteiger partial charge in [0.15, 0.2) is 18.9 Å². The van der Waals surface area contributed by atoms with Crippen LogP contribution in [-0.2, 0) is 54.1 Å². The third-order valence-corrected chi connectivity index (χ3v) is 18.0. The highest BCUT2D eigenvalue weighted by Crippen LogP contribution is 2.32. The van der Waals surface area contributed by atoms with Crippen LogP contribution in [0.3, 0.4) is 0 Å². The summed E-state index contributed by atoms with van der Waals surface area (Å²) in [4.78, 5) is 81.5. The average Bonchev–Trinajstić information content (AvgIpc) is 1.74. The van der Waals surface area contributed by atoms with Crippen LogP contribution in [0, 0.1) is 0 Å². The minimum atomic E-state index is -2.30. The Bertz CT molecular complexity index is 3180. The maximum absolute atomic E-state index is 15.2. The van der Waals surface area contributed by atoms with Gasteiger partial charge >= 0.3 is 23.8 Å². The number of carbonyl (C=O) groups excluding carboxylic acids is 5. The number of rotatable bonds is 23. The van der Waals surface area contributed by atoms with Crippen LogP contribution in [0.2, 0.25) is 0 Å². The van der Waals surface area contributed by atoms with Crippen molar-refractivity contribution in [2.24, 2.45) is 16.5 Å². The normalized spacial score (nSPS) is 35.4. The maximum Gasteiger partial charge on any atom is 0.358 e. The van der Waals surface area contributed by atoms with Crippen molar-refractivity contribution in [1.82, 2.24) is 31.9 Å². The lowest BCUT2D eigenvalue weighted by Gasteiger charge is -2.45. The number of esters is 1. The summed E-state index contributed by atoms with van der Waals surface area (Å²) >= 11 is 0. The fraction of sp³-hybridized carbons (Fsp3) is 0.656. The van der Waals surface area contributed by atoms with Gasteiger partial charge < -0.3 is 126 Å². The molecular formula is C61H92N12O26+2. The van der Waals surface area contributed by atoms with Crippen molar-refractivity contribution < 1.29 is 144 Å². The van der Waals surface area contributed by atoms with Crippen LogP contribution in [0.4, 0.5) is 0 Å². The van der Waals surface area contributed by atoms with Gasteiger partial charge in [-0.3, -0.25) is 56.1 Å². The second-order valence-corrected chi connectivity index (χ2v) is 25.0. The molecule has 8 rings (SSSR count). The summed E-state index contributed by atoms with van der Waals surface area (Å²) in [5.41, 5.74) is 13.0. The molecule has 0 aliphatic carbocycles. The number of hydrogen-bond acceptors (Lipinski definition) is 30. The molecule has 25 atom stereocenters. The highest BCUT2D eigenvalue weighted by molar-refractivity contribution is 5.97. The Morgan fingerprint density at radius 3 is 1.98 bits per heavy atom. The first-order valence-electron chi connectivity index (χ1n) is 32.4. The zero-order valence-electron chi connectivity index (χ0n) is 54.0. The number of aliphatic hydroxyl groups is 14. The molecule has 6 aliphatic heterocycles. The van der Waals surface area contributed by atoms with E-state index in [0.29, 0.717) is 12.0 Å². The molecule has 1 unspecified atom stereocenters. The molecule has 6 aliphatic rings. The van der Waals surface area contributed by atoms with Crippen molar-refractivity contribution in [2.75, 3.05) is 46.1 Å². The maximum atomic E-state index is 15.2. The van der Waals surface area contributed by atoms with Crippen LogP contribution < -0.4 is 63.2 Å². The summed E-state index contributed by atoms with van der Waals surface area (Å²) < 4.78 is 35.2. The Kier molecular flexibility index (Phi) is 27.4. The molecule has 2 aromatic rings. The lowest BCUT2D eigenvalue weighted by molar-refractivity contribution is -0.663. The molecule has 0 radical (unpaired) electrons. The Morgan fingerprint density at radius 1 is 0.697 bits per heavy atom. The van der Waals surface area contributed by atoms with Gasteiger partial charge in [0.2, 0.25) is 36.1 Å². The fourth-order valence-electron chi connectivity index (χ4n) is 12.2. The van der Waals surface area contributed by atoms with Crippen LogP contribution in [0.25, 0.3) is 0 Å². The van der Waals surface area contributed by atoms with Crippen molar-refractivity contribution >= 4 is 53.3 Å². The van der Waals surface area contributed by atoms with Gasteiger partial charge in [-0.2, -0.15) is 0 Å². The van der Waals surface area contributed by atoms with Crippen molar-refractivity contribution in [3.8, 4) is 5.75 Å². The molecule has 550 valence electrons. The highest BCUT2D eigenvalue weighted by Gasteiger charge is 2.55. The number of aliphatic imine (C=N–C) groups is 1. The number of guanidine groups is 2. The third-order valence-electron chi connectivity index (χ3n) is 18.0. The van der Waals surface area contributed by atoms with Gasteiger partial charge in [-0.1, -0.05) is 75.6 Å². The molecule has 0 bridgehead atoms. The molecule has 38 nitrogen and oxygen atoms in total. The van der Waals surface area contributed by atoms with E-state index in [0.717, 1.165) is 23.8 Å². The Labute approximate surface area is 566 Å². The molecule has 3 fully saturated rings. The number of amides is 4. The molecule has 0 spiro atoms. The van der Waals surface area contributed by atoms with E-state index in [4.69, 9.17) is 39.9 Å². The zero-order valence-corrected chi connectivity index (χ0v) is 54.0. The van der Waals surface area contributed by atoms with E-state index in [-0.39, 0.29) is 36.2 Å². The predicted molar refractivity (Wildman–Crippen MR) is 333 cm³/mol. The van der Waals surface area contributed by atoms with Crippen molar-refractivity contribution in [1.29, 1.82) is 0 Å². The van der Waals surface area contributed by atoms with Crippen LogP contribution in [0.15, 0.2) is 59.6 Å². The number of aliphatic hydroxyl groups excluding tert-OH is 14. The summed E-state index contributed by atoms with van der Waals surface area (Å²) in [6.07, 6.45) is -28.5. The second-order valence-electron chi connectivity index (χ2n) is 25.0. The fourth-order valence-corrected chi connectivity index (χ4v) is 12.2. The van der Waals surface area contributed by atoms with Gasteiger partial charge in [-0.25, -0.2) is 9.57 Å². The van der Waals surface area contributed by atoms with E-state index < -0.39 is 240 Å². The Hall–Kier alpha value is -7.61. The lowest BCUT2D eigenvalue weighted by Crippen LogP contribution is -2.80. The van der Waals surface area contributed by atoms with E-state index in [9.17, 15) is 91.0 Å². The molecule has 0 aromatic heterocycles. The molecular weight excluding hydrogens is 1320 g/mol. The number of hydrogen-bond donors (Lipinski definition) is 24. The summed E-state index contributed by atoms with van der Waals surface area (Å²) in [7, 11) is 0. The van der Waals surface area contributed by atoms with E-state index in [1.54, 1.807) is 37.3 Å². The first-order valence-corrected chi connectivity index (χ1v) is 32.4. The summed E-state index contributed by atoms with van der Waals surface area (Å²) in [5, 5.41) is 183. The number of carbonyl (C=O) groups is 5. The monoisotopic (exact) mass is 1410 g/mol. The molecule has 26 N–H and O–H groups in total. The van der Waals surface area contributed by atoms with Crippen molar-refractivity contribution in [2.45, 2.75) is 205 Å². The largest absolute Gasteiger partial charge is 0.858 e. The van der Waals surface area contributed by atoms with E-state index >= 15 is 9.59 Å². The quantitative estimate of drug-likeness (QED) is 0.0279. The van der Waals surface area contributed by atoms with Gasteiger partial charge in [0.1, 0.15) is 141 Å². The van der Waals surface area contributed by atoms with Crippen LogP contribution in [-0.4, -0.2) is 322 Å². The average molecular weight is 1410 g/mol. The standard InChI is InChI=1S/C61H90N12O26/c1-3-4-5-9-12-37(78)94-24-35-44(82)46(84)49(87)59(98-35)99-51-34(23-76)97-58(50(88)47(51)85)95-28-15-13-26(14-16-28)17-29-53(90)71-39(41(79)30-18-65-60(62)69-30)56(93)72-40(42(80)32-19-66-61(63)73(32)57-48(86)45(83)43(81)33(22-75)96-57)55(92)68-31(21-74)52(89)64-20-36(77)70-38(54(91)67-29)25(2)27-10-7-6-8-11-27/h6-8,10-11,13-16,25,29-35,38-51,57-59,74-76,79-88H,3-5,9,12,17-24H2,1-2H3,(H11,62,63,64,65,66,67,68,69,70,71,72,77,89,90,91,92,93)/p+2/t25-,29-,30+,31?,32+,33+,34-,35+,38+,39+,40-,41-,42-,43+,44+,45+,46+,47+,48+,49+,50-,51-,57-,58+,59+/m1/s1. The number of unbranched alkanes of at least 4 members (excludes halogenated alkanes) is 3. The van der Waals surface area contributed by atoms with Crippen molar-refractivity contribution in [3.63, 3.8) is 0 Å². The SMILES string of the molecule is CCCCCCC(=O)OC[C@@H]1O[C@@H](O[C@H]2[C@@H](O)[C@@H](O)[C@@H](Oc3ccc(C[C@H]4NC(=O)[C@H]([C@H](C)c5ccccc5)N=C([O-])C[NH+]=C(O)C(CO)NC(=O)[C@@H]([C@H](O)[C@@H]5CNC(N)=[N+]5[C@@H]5O[C@@H](CO)[C@H](O)[C@H](O)[C@@H]5O)NC(=O)[C@H]([C@H](O)[C@@H]5C[NH+]=C(N)N5)NC4=O)cc3)O[C@@H]2CO)[C@@H](O)[C@@H](O)[C@H]1O. The molecule has 3 saturated heterocycles. The molecule has 0 saturated carbocycles. The first-order chi connectivity index (χ1) is 47.2. The molecule has 4 amide bonds. The zero-order chi connectivity index (χ0) is 72.1. The van der Waals surface area contributed by atoms with Crippen LogP contribution in [0.5, 0.6) is 5.75 Å². The van der Waals surface area contributed by atoms with E-state index in [1.807, 2.05) is 6.92 Å². The number of nitrogens with two attached hydrogens (primary N) is 2. The van der Waals surface area contributed by atoms with Gasteiger partial charge in [0, 0.05) is 24.7 Å². The number of benzene rings is 2. The van der Waals surface area contributed by atoms with Gasteiger partial charge in [-0.15, -0.1) is 0 Å². The smallest absolute Gasteiger partial charge is 0.358 e. The number of ether oxygens (including phenoxy) is 6. The molecule has 2 aromatic carbocycles. The van der Waals surface area contributed by atoms with Crippen LogP contribution >= 0.6 is 0 Å². The van der Waals surface area contributed by atoms with Gasteiger partial charge in [0.05, 0.1) is 26.4 Å². The van der Waals surface area contributed by atoms with Crippen LogP contribution in [0.1, 0.15) is 63.0 Å². The van der Waals surface area contributed by atoms with E-state index in [1.165, 1.54) is 24.3 Å². The Morgan fingerprint density at radius 2 is 1.32 bits per heavy atom. The van der Waals surface area contributed by atoms with Crippen molar-refractivity contribution in [3.05, 3.63) is 65.7 Å². The summed E-state index contributed by atoms with van der Waals surface area (Å²) in [6, 6.07) is 1.00. The minimum absolute atomic E-state index is 0.0768. The number of nitrogens with zero attached hydrogens (tertiary/aromatic N) is 2. The molecule has 6 heterocycles. The third kappa shape index (κ3) is 18.7. The first kappa shape index (κ1) is 77.1. The molecule has 99 heavy (non-hydrogen) atoms. The highest BCUT2D eigenvalue weighted by atomic mass is 16.7. The van der Waals surface area contributed by atoms with Gasteiger partial charge in [-0.05, 0) is 29.7 Å². The molecule has 38 heteroatoms.